The van der Waals surface area contributed by atoms with Crippen molar-refractivity contribution >= 4 is 45.1 Å². The van der Waals surface area contributed by atoms with Crippen LogP contribution in [0.25, 0.3) is 32.6 Å². The molecule has 9 heteroatoms. The Labute approximate surface area is 236 Å². The third-order valence-corrected chi connectivity index (χ3v) is 7.46. The molecule has 0 bridgehead atoms. The van der Waals surface area contributed by atoms with Crippen LogP contribution in [0.15, 0.2) is 58.5 Å². The molecule has 40 heavy (non-hydrogen) atoms. The van der Waals surface area contributed by atoms with Gasteiger partial charge in [-0.05, 0) is 55.3 Å². The third-order valence-electron chi connectivity index (χ3n) is 6.60. The number of hydrogen-bond acceptors (Lipinski definition) is 7. The van der Waals surface area contributed by atoms with Crippen LogP contribution in [0, 0.1) is 0 Å². The number of carbonyl (C=O) groups is 2. The number of benzene rings is 2. The zero-order chi connectivity index (χ0) is 28.4. The highest BCUT2D eigenvalue weighted by molar-refractivity contribution is 7.13. The van der Waals surface area contributed by atoms with Crippen LogP contribution in [0.3, 0.4) is 0 Å². The lowest BCUT2D eigenvalue weighted by molar-refractivity contribution is -0.143. The summed E-state index contributed by atoms with van der Waals surface area (Å²) < 4.78 is 18.7. The average molecular weight is 561 g/mol. The molecule has 2 aromatic carbocycles. The third kappa shape index (κ3) is 5.89. The van der Waals surface area contributed by atoms with E-state index in [1.54, 1.807) is 30.5 Å². The van der Waals surface area contributed by atoms with Crippen molar-refractivity contribution in [3.63, 3.8) is 0 Å². The first-order chi connectivity index (χ1) is 19.1. The lowest BCUT2D eigenvalue weighted by Crippen LogP contribution is -2.11. The van der Waals surface area contributed by atoms with E-state index in [0.717, 1.165) is 38.5 Å². The number of aromatic nitrogens is 2. The van der Waals surface area contributed by atoms with Crippen LogP contribution in [-0.4, -0.2) is 39.8 Å². The van der Waals surface area contributed by atoms with Crippen LogP contribution in [0.5, 0.6) is 5.75 Å². The highest BCUT2D eigenvalue weighted by Crippen LogP contribution is 2.34. The normalized spacial score (nSPS) is 11.8. The maximum atomic E-state index is 12.0. The van der Waals surface area contributed by atoms with Gasteiger partial charge in [0.05, 0.1) is 24.5 Å². The quantitative estimate of drug-likeness (QED) is 0.141. The van der Waals surface area contributed by atoms with Crippen LogP contribution < -0.4 is 4.74 Å². The number of nitrogens with zero attached hydrogens (tertiary/aromatic N) is 2. The Bertz CT molecular complexity index is 1690. The van der Waals surface area contributed by atoms with Gasteiger partial charge in [-0.15, -0.1) is 11.3 Å². The summed E-state index contributed by atoms with van der Waals surface area (Å²) in [4.78, 5) is 28.3. The Morgan fingerprint density at radius 3 is 2.67 bits per heavy atom. The Morgan fingerprint density at radius 2 is 1.95 bits per heavy atom. The molecule has 0 aliphatic heterocycles. The molecule has 0 spiro atoms. The van der Waals surface area contributed by atoms with Gasteiger partial charge in [-0.2, -0.15) is 0 Å². The molecule has 0 aliphatic carbocycles. The summed E-state index contributed by atoms with van der Waals surface area (Å²) >= 11 is 1.57. The van der Waals surface area contributed by atoms with Crippen molar-refractivity contribution in [2.75, 3.05) is 13.2 Å². The fraction of sp³-hybridized carbons (Fsp3) is 0.323. The first-order valence-corrected chi connectivity index (χ1v) is 14.1. The van der Waals surface area contributed by atoms with Crippen LogP contribution >= 0.6 is 11.3 Å². The Balaban J connectivity index is 1.35. The van der Waals surface area contributed by atoms with Gasteiger partial charge in [-0.1, -0.05) is 26.8 Å². The van der Waals surface area contributed by atoms with E-state index >= 15 is 0 Å². The van der Waals surface area contributed by atoms with Gasteiger partial charge >= 0.3 is 11.9 Å². The van der Waals surface area contributed by atoms with Crippen LogP contribution in [0.4, 0.5) is 0 Å². The molecule has 8 nitrogen and oxygen atoms in total. The molecule has 0 saturated carbocycles. The second-order valence-electron chi connectivity index (χ2n) is 10.7. The summed E-state index contributed by atoms with van der Waals surface area (Å²) in [5.74, 6) is 0.0356. The van der Waals surface area contributed by atoms with Gasteiger partial charge in [0.25, 0.3) is 0 Å². The lowest BCUT2D eigenvalue weighted by Gasteiger charge is -2.13. The van der Waals surface area contributed by atoms with Gasteiger partial charge in [0, 0.05) is 46.2 Å². The molecule has 0 amide bonds. The summed E-state index contributed by atoms with van der Waals surface area (Å²) in [5.41, 5.74) is 3.80. The van der Waals surface area contributed by atoms with E-state index < -0.39 is 5.97 Å². The molecule has 0 aliphatic rings. The second kappa shape index (κ2) is 11.2. The number of hydrogen-bond donors (Lipinski definition) is 1. The zero-order valence-corrected chi connectivity index (χ0v) is 23.8. The average Bonchev–Trinajstić information content (AvgIpc) is 3.63. The number of furan rings is 1. The molecular formula is C31H32N2O6S. The predicted molar refractivity (Wildman–Crippen MR) is 155 cm³/mol. The monoisotopic (exact) mass is 560 g/mol. The topological polar surface area (TPSA) is 104 Å². The summed E-state index contributed by atoms with van der Waals surface area (Å²) in [6.07, 6.45) is 2.45. The predicted octanol–water partition coefficient (Wildman–Crippen LogP) is 7.28. The van der Waals surface area contributed by atoms with E-state index in [2.05, 4.69) is 32.2 Å². The maximum Gasteiger partial charge on any atom is 0.337 e. The molecule has 208 valence electrons. The molecule has 0 radical (unpaired) electrons. The summed E-state index contributed by atoms with van der Waals surface area (Å²) in [5, 5.41) is 14.3. The van der Waals surface area contributed by atoms with Gasteiger partial charge in [0.2, 0.25) is 0 Å². The number of carbonyl (C=O) groups excluding carboxylic acids is 1. The molecule has 5 aromatic rings. The fourth-order valence-electron chi connectivity index (χ4n) is 4.53. The number of esters is 1. The van der Waals surface area contributed by atoms with Crippen molar-refractivity contribution < 1.29 is 28.6 Å². The first kappa shape index (κ1) is 27.5. The van der Waals surface area contributed by atoms with Crippen LogP contribution in [0.2, 0.25) is 0 Å². The molecule has 3 aromatic heterocycles. The van der Waals surface area contributed by atoms with E-state index in [0.29, 0.717) is 37.3 Å². The molecular weight excluding hydrogens is 528 g/mol. The van der Waals surface area contributed by atoms with Gasteiger partial charge in [0.15, 0.2) is 10.8 Å². The SMILES string of the molecule is CCOC(=O)CCCOc1ccc2c(c1)c(C(=O)O)cn2Cc1ccc2oc(-c3nc(C(C)(C)C)cs3)cc2c1. The summed E-state index contributed by atoms with van der Waals surface area (Å²) in [6.45, 7) is 9.37. The number of rotatable bonds is 10. The molecule has 3 heterocycles. The van der Waals surface area contributed by atoms with Crippen molar-refractivity contribution in [2.45, 2.75) is 52.5 Å². The molecule has 1 N–H and O–H groups in total. The standard InChI is InChI=1S/C31H32N2O6S/c1-5-37-28(34)7-6-12-38-21-9-10-24-22(15-21)23(30(35)36)17-33(24)16-19-8-11-25-20(13-19)14-26(39-25)29-32-27(18-40-29)31(2,3)4/h8-11,13-15,17-18H,5-7,12,16H2,1-4H3,(H,35,36). The zero-order valence-electron chi connectivity index (χ0n) is 23.0. The molecule has 0 saturated heterocycles. The highest BCUT2D eigenvalue weighted by Gasteiger charge is 2.20. The lowest BCUT2D eigenvalue weighted by atomic mass is 9.93. The molecule has 0 unspecified atom stereocenters. The van der Waals surface area contributed by atoms with Gasteiger partial charge in [0.1, 0.15) is 11.3 Å². The van der Waals surface area contributed by atoms with E-state index in [-0.39, 0.29) is 23.4 Å². The van der Waals surface area contributed by atoms with Gasteiger partial charge in [-0.25, -0.2) is 9.78 Å². The Kier molecular flexibility index (Phi) is 7.67. The summed E-state index contributed by atoms with van der Waals surface area (Å²) in [7, 11) is 0. The number of aromatic carboxylic acids is 1. The van der Waals surface area contributed by atoms with Crippen molar-refractivity contribution in [3.8, 4) is 16.5 Å². The molecule has 0 atom stereocenters. The largest absolute Gasteiger partial charge is 0.494 e. The molecule has 5 rings (SSSR count). The van der Waals surface area contributed by atoms with Crippen molar-refractivity contribution in [1.29, 1.82) is 0 Å². The fourth-order valence-corrected chi connectivity index (χ4v) is 5.53. The number of thiazole rings is 1. The van der Waals surface area contributed by atoms with Crippen molar-refractivity contribution in [3.05, 3.63) is 70.9 Å². The van der Waals surface area contributed by atoms with E-state index in [1.807, 2.05) is 34.9 Å². The minimum Gasteiger partial charge on any atom is -0.494 e. The van der Waals surface area contributed by atoms with E-state index in [9.17, 15) is 14.7 Å². The number of carboxylic acids is 1. The molecule has 0 fully saturated rings. The Morgan fingerprint density at radius 1 is 1.12 bits per heavy atom. The minimum atomic E-state index is -1.00. The second-order valence-corrected chi connectivity index (χ2v) is 11.5. The van der Waals surface area contributed by atoms with Crippen molar-refractivity contribution in [2.24, 2.45) is 0 Å². The van der Waals surface area contributed by atoms with E-state index in [1.165, 1.54) is 0 Å². The van der Waals surface area contributed by atoms with Gasteiger partial charge < -0.3 is 23.6 Å². The minimum absolute atomic E-state index is 0.0285. The number of carboxylic acid groups (broad SMARTS) is 1. The van der Waals surface area contributed by atoms with E-state index in [4.69, 9.17) is 18.9 Å². The van der Waals surface area contributed by atoms with Crippen molar-refractivity contribution in [1.82, 2.24) is 9.55 Å². The van der Waals surface area contributed by atoms with Gasteiger partial charge in [-0.3, -0.25) is 4.79 Å². The summed E-state index contributed by atoms with van der Waals surface area (Å²) in [6, 6.07) is 13.4. The highest BCUT2D eigenvalue weighted by atomic mass is 32.1. The number of ether oxygens (including phenoxy) is 2. The Hall–Kier alpha value is -4.11. The maximum absolute atomic E-state index is 12.0. The van der Waals surface area contributed by atoms with Crippen LogP contribution in [-0.2, 0) is 21.5 Å². The van der Waals surface area contributed by atoms with Crippen LogP contribution in [0.1, 0.15) is 62.2 Å². The first-order valence-electron chi connectivity index (χ1n) is 13.3. The number of fused-ring (bicyclic) bond motifs is 2. The smallest absolute Gasteiger partial charge is 0.337 e.